The highest BCUT2D eigenvalue weighted by atomic mass is 16.6. The molecule has 0 heterocycles. The summed E-state index contributed by atoms with van der Waals surface area (Å²) in [5, 5.41) is 11.7. The molecule has 120 valence electrons. The number of phenolic OH excluding ortho intramolecular Hbond substituents is 1. The standard InChI is InChI=1S/C18H18O5/c1-3-22-17(20)15(18(21)23-4-2)11-14-13-8-6-5-7-12(13)9-10-16(14)19/h5-11,19H,3-4H2,1-2H3. The zero-order chi connectivity index (χ0) is 16.8. The third-order valence-electron chi connectivity index (χ3n) is 3.23. The van der Waals surface area contributed by atoms with Crippen LogP contribution in [0.25, 0.3) is 16.8 Å². The minimum Gasteiger partial charge on any atom is -0.507 e. The van der Waals surface area contributed by atoms with E-state index >= 15 is 0 Å². The maximum atomic E-state index is 12.0. The lowest BCUT2D eigenvalue weighted by atomic mass is 10.0. The van der Waals surface area contributed by atoms with Gasteiger partial charge in [0.15, 0.2) is 0 Å². The second-order valence-corrected chi connectivity index (χ2v) is 4.72. The number of rotatable bonds is 5. The Labute approximate surface area is 134 Å². The predicted molar refractivity (Wildman–Crippen MR) is 86.9 cm³/mol. The van der Waals surface area contributed by atoms with Crippen molar-refractivity contribution in [3.8, 4) is 5.75 Å². The minimum absolute atomic E-state index is 0.0326. The van der Waals surface area contributed by atoms with Crippen LogP contribution in [0.15, 0.2) is 42.0 Å². The molecule has 0 aromatic heterocycles. The van der Waals surface area contributed by atoms with Crippen LogP contribution in [-0.2, 0) is 19.1 Å². The monoisotopic (exact) mass is 314 g/mol. The normalized spacial score (nSPS) is 10.2. The molecule has 5 heteroatoms. The van der Waals surface area contributed by atoms with Gasteiger partial charge in [0, 0.05) is 5.56 Å². The number of hydrogen-bond donors (Lipinski definition) is 1. The van der Waals surface area contributed by atoms with E-state index in [1.807, 2.05) is 18.2 Å². The van der Waals surface area contributed by atoms with Crippen molar-refractivity contribution >= 4 is 28.8 Å². The number of fused-ring (bicyclic) bond motifs is 1. The van der Waals surface area contributed by atoms with Gasteiger partial charge in [0.1, 0.15) is 11.3 Å². The van der Waals surface area contributed by atoms with Gasteiger partial charge in [-0.3, -0.25) is 0 Å². The van der Waals surface area contributed by atoms with E-state index in [1.165, 1.54) is 12.1 Å². The SMILES string of the molecule is CCOC(=O)C(=Cc1c(O)ccc2ccccc12)C(=O)OCC. The van der Waals surface area contributed by atoms with Crippen LogP contribution >= 0.6 is 0 Å². The van der Waals surface area contributed by atoms with Gasteiger partial charge in [0.2, 0.25) is 0 Å². The van der Waals surface area contributed by atoms with Crippen molar-refractivity contribution in [1.29, 1.82) is 0 Å². The average molecular weight is 314 g/mol. The van der Waals surface area contributed by atoms with Gasteiger partial charge in [0.25, 0.3) is 0 Å². The molecule has 0 atom stereocenters. The molecule has 0 fully saturated rings. The molecule has 0 amide bonds. The van der Waals surface area contributed by atoms with E-state index in [1.54, 1.807) is 26.0 Å². The maximum absolute atomic E-state index is 12.0. The van der Waals surface area contributed by atoms with E-state index < -0.39 is 11.9 Å². The number of esters is 2. The lowest BCUT2D eigenvalue weighted by molar-refractivity contribution is -0.146. The van der Waals surface area contributed by atoms with Crippen molar-refractivity contribution in [1.82, 2.24) is 0 Å². The highest BCUT2D eigenvalue weighted by Crippen LogP contribution is 2.29. The van der Waals surface area contributed by atoms with Gasteiger partial charge < -0.3 is 14.6 Å². The molecule has 2 rings (SSSR count). The number of carbonyl (C=O) groups excluding carboxylic acids is 2. The third-order valence-corrected chi connectivity index (χ3v) is 3.23. The fourth-order valence-corrected chi connectivity index (χ4v) is 2.20. The van der Waals surface area contributed by atoms with Crippen molar-refractivity contribution < 1.29 is 24.2 Å². The van der Waals surface area contributed by atoms with Gasteiger partial charge in [-0.15, -0.1) is 0 Å². The quantitative estimate of drug-likeness (QED) is 0.397. The first-order valence-electron chi connectivity index (χ1n) is 7.35. The fraction of sp³-hybridized carbons (Fsp3) is 0.222. The smallest absolute Gasteiger partial charge is 0.345 e. The van der Waals surface area contributed by atoms with E-state index in [-0.39, 0.29) is 24.5 Å². The third kappa shape index (κ3) is 3.69. The molecule has 0 aliphatic carbocycles. The highest BCUT2D eigenvalue weighted by molar-refractivity contribution is 6.18. The molecule has 2 aromatic rings. The Bertz CT molecular complexity index is 741. The number of hydrogen-bond acceptors (Lipinski definition) is 5. The second kappa shape index (κ2) is 7.45. The van der Waals surface area contributed by atoms with Gasteiger partial charge in [-0.25, -0.2) is 9.59 Å². The molecule has 5 nitrogen and oxygen atoms in total. The Morgan fingerprint density at radius 1 is 1.00 bits per heavy atom. The number of ether oxygens (including phenoxy) is 2. The summed E-state index contributed by atoms with van der Waals surface area (Å²) < 4.78 is 9.81. The fourth-order valence-electron chi connectivity index (χ4n) is 2.20. The molecule has 2 aromatic carbocycles. The van der Waals surface area contributed by atoms with E-state index in [9.17, 15) is 14.7 Å². The Balaban J connectivity index is 2.60. The first kappa shape index (κ1) is 16.5. The first-order chi connectivity index (χ1) is 11.1. The molecule has 0 unspecified atom stereocenters. The van der Waals surface area contributed by atoms with Crippen molar-refractivity contribution in [2.24, 2.45) is 0 Å². The molecular weight excluding hydrogens is 296 g/mol. The molecule has 0 saturated carbocycles. The molecule has 0 aliphatic rings. The highest BCUT2D eigenvalue weighted by Gasteiger charge is 2.22. The van der Waals surface area contributed by atoms with Crippen LogP contribution in [0.4, 0.5) is 0 Å². The summed E-state index contributed by atoms with van der Waals surface area (Å²) in [4.78, 5) is 24.1. The summed E-state index contributed by atoms with van der Waals surface area (Å²) >= 11 is 0. The Morgan fingerprint density at radius 2 is 1.61 bits per heavy atom. The van der Waals surface area contributed by atoms with Crippen LogP contribution in [0.1, 0.15) is 19.4 Å². The van der Waals surface area contributed by atoms with Crippen LogP contribution in [-0.4, -0.2) is 30.3 Å². The van der Waals surface area contributed by atoms with Crippen molar-refractivity contribution in [2.45, 2.75) is 13.8 Å². The molecule has 0 saturated heterocycles. The molecule has 0 spiro atoms. The molecular formula is C18H18O5. The number of benzene rings is 2. The first-order valence-corrected chi connectivity index (χ1v) is 7.35. The molecule has 23 heavy (non-hydrogen) atoms. The Hall–Kier alpha value is -2.82. The summed E-state index contributed by atoms with van der Waals surface area (Å²) in [6, 6.07) is 10.6. The molecule has 0 radical (unpaired) electrons. The van der Waals surface area contributed by atoms with Crippen LogP contribution < -0.4 is 0 Å². The topological polar surface area (TPSA) is 72.8 Å². The lowest BCUT2D eigenvalue weighted by Crippen LogP contribution is -2.18. The summed E-state index contributed by atoms with van der Waals surface area (Å²) in [7, 11) is 0. The van der Waals surface area contributed by atoms with Crippen LogP contribution in [0.2, 0.25) is 0 Å². The Morgan fingerprint density at radius 3 is 2.22 bits per heavy atom. The molecule has 0 aliphatic heterocycles. The zero-order valence-corrected chi connectivity index (χ0v) is 13.0. The van der Waals surface area contributed by atoms with Gasteiger partial charge >= 0.3 is 11.9 Å². The summed E-state index contributed by atoms with van der Waals surface area (Å²) in [5.74, 6) is -1.59. The predicted octanol–water partition coefficient (Wildman–Crippen LogP) is 3.06. The van der Waals surface area contributed by atoms with Crippen molar-refractivity contribution in [3.05, 3.63) is 47.5 Å². The summed E-state index contributed by atoms with van der Waals surface area (Å²) in [6.07, 6.45) is 1.31. The second-order valence-electron chi connectivity index (χ2n) is 4.72. The van der Waals surface area contributed by atoms with E-state index in [0.717, 1.165) is 10.8 Å². The number of phenols is 1. The van der Waals surface area contributed by atoms with E-state index in [2.05, 4.69) is 0 Å². The molecule has 0 bridgehead atoms. The van der Waals surface area contributed by atoms with Gasteiger partial charge in [-0.05, 0) is 36.8 Å². The van der Waals surface area contributed by atoms with Gasteiger partial charge in [-0.2, -0.15) is 0 Å². The van der Waals surface area contributed by atoms with Gasteiger partial charge in [-0.1, -0.05) is 30.3 Å². The maximum Gasteiger partial charge on any atom is 0.345 e. The van der Waals surface area contributed by atoms with E-state index in [4.69, 9.17) is 9.47 Å². The van der Waals surface area contributed by atoms with Crippen molar-refractivity contribution in [3.63, 3.8) is 0 Å². The minimum atomic E-state index is -0.779. The van der Waals surface area contributed by atoms with Crippen LogP contribution in [0, 0.1) is 0 Å². The molecule has 1 N–H and O–H groups in total. The summed E-state index contributed by atoms with van der Waals surface area (Å²) in [6.45, 7) is 3.57. The van der Waals surface area contributed by atoms with Crippen LogP contribution in [0.5, 0.6) is 5.75 Å². The Kier molecular flexibility index (Phi) is 5.36. The van der Waals surface area contributed by atoms with Crippen LogP contribution in [0.3, 0.4) is 0 Å². The van der Waals surface area contributed by atoms with Gasteiger partial charge in [0.05, 0.1) is 13.2 Å². The largest absolute Gasteiger partial charge is 0.507 e. The zero-order valence-electron chi connectivity index (χ0n) is 13.0. The number of aromatic hydroxyl groups is 1. The summed E-state index contributed by atoms with van der Waals surface area (Å²) in [5.41, 5.74) is 0.125. The van der Waals surface area contributed by atoms with E-state index in [0.29, 0.717) is 5.56 Å². The lowest BCUT2D eigenvalue weighted by Gasteiger charge is -2.09. The number of carbonyl (C=O) groups is 2. The average Bonchev–Trinajstić information content (AvgIpc) is 2.54. The van der Waals surface area contributed by atoms with Crippen molar-refractivity contribution in [2.75, 3.05) is 13.2 Å².